The molecule has 0 spiro atoms. The number of pyridine rings is 1. The molecule has 1 atom stereocenters. The average molecular weight is 348 g/mol. The Morgan fingerprint density at radius 2 is 1.87 bits per heavy atom. The molecule has 1 aromatic heterocycles. The number of hydrogen-bond donors (Lipinski definition) is 1. The molecule has 1 aliphatic rings. The lowest BCUT2D eigenvalue weighted by Gasteiger charge is -2.23. The molecule has 1 saturated heterocycles. The number of halogens is 1. The Bertz CT molecular complexity index is 709. The summed E-state index contributed by atoms with van der Waals surface area (Å²) in [7, 11) is 0. The van der Waals surface area contributed by atoms with Crippen LogP contribution in [0.25, 0.3) is 0 Å². The average Bonchev–Trinajstić information content (AvgIpc) is 3.05. The Hall–Kier alpha value is -2.05. The molecule has 1 aromatic carbocycles. The predicted molar refractivity (Wildman–Crippen MR) is 91.6 cm³/mol. The van der Waals surface area contributed by atoms with Crippen molar-refractivity contribution < 1.29 is 9.59 Å². The molecule has 0 radical (unpaired) electrons. The second-order valence-corrected chi connectivity index (χ2v) is 6.46. The maximum absolute atomic E-state index is 12.6. The van der Waals surface area contributed by atoms with Gasteiger partial charge in [0.05, 0.1) is 5.88 Å². The molecule has 2 heterocycles. The molecule has 5 nitrogen and oxygen atoms in total. The second kappa shape index (κ2) is 7.02. The van der Waals surface area contributed by atoms with Gasteiger partial charge in [-0.05, 0) is 36.4 Å². The molecule has 0 unspecified atom stereocenters. The molecule has 3 rings (SSSR count). The van der Waals surface area contributed by atoms with Crippen molar-refractivity contribution in [2.75, 3.05) is 16.9 Å². The quantitative estimate of drug-likeness (QED) is 0.927. The van der Waals surface area contributed by atoms with Crippen LogP contribution in [-0.2, 0) is 4.79 Å². The Morgan fingerprint density at radius 3 is 2.57 bits per heavy atom. The Kier molecular flexibility index (Phi) is 4.83. The van der Waals surface area contributed by atoms with Crippen LogP contribution in [0, 0.1) is 0 Å². The van der Waals surface area contributed by atoms with Crippen molar-refractivity contribution in [3.63, 3.8) is 0 Å². The highest BCUT2D eigenvalue weighted by atomic mass is 35.5. The number of amides is 2. The Balaban J connectivity index is 1.73. The van der Waals surface area contributed by atoms with Crippen LogP contribution in [0.3, 0.4) is 0 Å². The number of nitrogens with zero attached hydrogens (tertiary/aromatic N) is 2. The van der Waals surface area contributed by atoms with E-state index in [1.54, 1.807) is 65.5 Å². The molecule has 118 valence electrons. The summed E-state index contributed by atoms with van der Waals surface area (Å²) in [6, 6.07) is 9.62. The van der Waals surface area contributed by atoms with Crippen molar-refractivity contribution in [1.29, 1.82) is 0 Å². The van der Waals surface area contributed by atoms with Gasteiger partial charge in [-0.3, -0.25) is 14.6 Å². The minimum absolute atomic E-state index is 0.165. The van der Waals surface area contributed by atoms with E-state index in [1.807, 2.05) is 0 Å². The van der Waals surface area contributed by atoms with Gasteiger partial charge in [0, 0.05) is 34.4 Å². The predicted octanol–water partition coefficient (Wildman–Crippen LogP) is 2.89. The first-order valence-corrected chi connectivity index (χ1v) is 8.53. The highest BCUT2D eigenvalue weighted by Crippen LogP contribution is 2.24. The van der Waals surface area contributed by atoms with Gasteiger partial charge < -0.3 is 10.2 Å². The van der Waals surface area contributed by atoms with Crippen LogP contribution in [0.15, 0.2) is 48.8 Å². The summed E-state index contributed by atoms with van der Waals surface area (Å²) in [6.45, 7) is 0. The van der Waals surface area contributed by atoms with Gasteiger partial charge >= 0.3 is 0 Å². The number of carbonyl (C=O) groups excluding carboxylic acids is 2. The van der Waals surface area contributed by atoms with Crippen LogP contribution in [0.4, 0.5) is 5.69 Å². The smallest absolute Gasteiger partial charge is 0.255 e. The van der Waals surface area contributed by atoms with Crippen molar-refractivity contribution in [3.8, 4) is 0 Å². The Labute approximate surface area is 143 Å². The van der Waals surface area contributed by atoms with E-state index in [2.05, 4.69) is 10.3 Å². The lowest BCUT2D eigenvalue weighted by atomic mass is 10.1. The van der Waals surface area contributed by atoms with E-state index >= 15 is 0 Å². The number of rotatable bonds is 3. The summed E-state index contributed by atoms with van der Waals surface area (Å²) in [6.07, 6.45) is 3.21. The lowest BCUT2D eigenvalue weighted by molar-refractivity contribution is -0.119. The normalized spacial score (nSPS) is 17.1. The second-order valence-electron chi connectivity index (χ2n) is 5.02. The molecule has 1 aliphatic heterocycles. The van der Waals surface area contributed by atoms with E-state index in [1.165, 1.54) is 0 Å². The summed E-state index contributed by atoms with van der Waals surface area (Å²) in [4.78, 5) is 30.6. The van der Waals surface area contributed by atoms with E-state index in [-0.39, 0.29) is 11.8 Å². The van der Waals surface area contributed by atoms with Gasteiger partial charge in [0.25, 0.3) is 5.91 Å². The molecular formula is C16H14ClN3O2S. The molecule has 2 aromatic rings. The van der Waals surface area contributed by atoms with Crippen molar-refractivity contribution in [2.24, 2.45) is 0 Å². The van der Waals surface area contributed by atoms with Crippen LogP contribution in [0.2, 0.25) is 5.02 Å². The summed E-state index contributed by atoms with van der Waals surface area (Å²) in [5.41, 5.74) is 1.19. The van der Waals surface area contributed by atoms with E-state index < -0.39 is 6.04 Å². The fourth-order valence-corrected chi connectivity index (χ4v) is 3.56. The number of hydrogen-bond acceptors (Lipinski definition) is 4. The molecule has 0 saturated carbocycles. The van der Waals surface area contributed by atoms with Crippen LogP contribution in [0.1, 0.15) is 10.4 Å². The maximum Gasteiger partial charge on any atom is 0.255 e. The number of carbonyl (C=O) groups is 2. The van der Waals surface area contributed by atoms with E-state index in [9.17, 15) is 9.59 Å². The summed E-state index contributed by atoms with van der Waals surface area (Å²) in [5.74, 6) is 0.719. The van der Waals surface area contributed by atoms with Gasteiger partial charge in [0.2, 0.25) is 5.91 Å². The van der Waals surface area contributed by atoms with Gasteiger partial charge in [-0.1, -0.05) is 11.6 Å². The van der Waals surface area contributed by atoms with Crippen LogP contribution < -0.4 is 5.32 Å². The fraction of sp³-hybridized carbons (Fsp3) is 0.188. The van der Waals surface area contributed by atoms with Crippen molar-refractivity contribution >= 4 is 40.9 Å². The monoisotopic (exact) mass is 347 g/mol. The minimum Gasteiger partial charge on any atom is -0.324 e. The zero-order chi connectivity index (χ0) is 16.2. The van der Waals surface area contributed by atoms with E-state index in [4.69, 9.17) is 11.6 Å². The minimum atomic E-state index is -0.489. The molecule has 1 N–H and O–H groups in total. The van der Waals surface area contributed by atoms with Gasteiger partial charge in [0.1, 0.15) is 6.04 Å². The molecular weight excluding hydrogens is 334 g/mol. The van der Waals surface area contributed by atoms with Gasteiger partial charge in [0.15, 0.2) is 0 Å². The standard InChI is InChI=1S/C16H14ClN3O2S/c17-12-3-1-11(2-4-12)16(22)20-10-23-9-14(20)15(21)19-13-5-7-18-8-6-13/h1-8,14H,9-10H2,(H,18,19,21)/t14-/m1/s1. The summed E-state index contributed by atoms with van der Waals surface area (Å²) in [5, 5.41) is 3.40. The topological polar surface area (TPSA) is 62.3 Å². The first-order chi connectivity index (χ1) is 11.1. The van der Waals surface area contributed by atoms with Crippen LogP contribution in [0.5, 0.6) is 0 Å². The molecule has 0 bridgehead atoms. The number of benzene rings is 1. The largest absolute Gasteiger partial charge is 0.324 e. The van der Waals surface area contributed by atoms with Crippen LogP contribution >= 0.6 is 23.4 Å². The molecule has 2 amide bonds. The first-order valence-electron chi connectivity index (χ1n) is 7.00. The SMILES string of the molecule is O=C(Nc1ccncc1)[C@H]1CSCN1C(=O)c1ccc(Cl)cc1. The third kappa shape index (κ3) is 3.65. The number of thioether (sulfide) groups is 1. The Morgan fingerprint density at radius 1 is 1.17 bits per heavy atom. The zero-order valence-electron chi connectivity index (χ0n) is 12.1. The third-order valence-corrected chi connectivity index (χ3v) is 4.75. The highest BCUT2D eigenvalue weighted by molar-refractivity contribution is 7.99. The zero-order valence-corrected chi connectivity index (χ0v) is 13.7. The molecule has 23 heavy (non-hydrogen) atoms. The summed E-state index contributed by atoms with van der Waals surface area (Å²) >= 11 is 7.41. The third-order valence-electron chi connectivity index (χ3n) is 3.48. The molecule has 0 aliphatic carbocycles. The maximum atomic E-state index is 12.6. The van der Waals surface area contributed by atoms with Gasteiger partial charge in [-0.15, -0.1) is 11.8 Å². The van der Waals surface area contributed by atoms with Gasteiger partial charge in [-0.25, -0.2) is 0 Å². The van der Waals surface area contributed by atoms with Crippen LogP contribution in [-0.4, -0.2) is 39.4 Å². The van der Waals surface area contributed by atoms with E-state index in [0.29, 0.717) is 27.9 Å². The summed E-state index contributed by atoms with van der Waals surface area (Å²) < 4.78 is 0. The van der Waals surface area contributed by atoms with Crippen molar-refractivity contribution in [1.82, 2.24) is 9.88 Å². The number of aromatic nitrogens is 1. The van der Waals surface area contributed by atoms with E-state index in [0.717, 1.165) is 0 Å². The lowest BCUT2D eigenvalue weighted by Crippen LogP contribution is -2.44. The first kappa shape index (κ1) is 15.8. The van der Waals surface area contributed by atoms with Crippen molar-refractivity contribution in [2.45, 2.75) is 6.04 Å². The fourth-order valence-electron chi connectivity index (χ4n) is 2.28. The highest BCUT2D eigenvalue weighted by Gasteiger charge is 2.35. The number of nitrogens with one attached hydrogen (secondary N) is 1. The molecule has 7 heteroatoms. The van der Waals surface area contributed by atoms with Gasteiger partial charge in [-0.2, -0.15) is 0 Å². The number of anilines is 1. The molecule has 1 fully saturated rings. The van der Waals surface area contributed by atoms with Crippen molar-refractivity contribution in [3.05, 3.63) is 59.4 Å².